The summed E-state index contributed by atoms with van der Waals surface area (Å²) in [5.41, 5.74) is 10.6. The van der Waals surface area contributed by atoms with Gasteiger partial charge in [0, 0.05) is 16.7 Å². The van der Waals surface area contributed by atoms with Crippen molar-refractivity contribution in [2.75, 3.05) is 0 Å². The topological polar surface area (TPSA) is 87.3 Å². The molecule has 0 aliphatic heterocycles. The maximum Gasteiger partial charge on any atom is 0.251 e. The van der Waals surface area contributed by atoms with Crippen LogP contribution in [-0.4, -0.2) is 17.7 Å². The van der Waals surface area contributed by atoms with Gasteiger partial charge in [0.2, 0.25) is 0 Å². The lowest BCUT2D eigenvalue weighted by molar-refractivity contribution is 0.0939. The SMILES string of the molecule is Cc1ccc([C@@H](C)NC(=O)c2cc(C(=O)N[C@H](C)c3ccc(C)c(C)c3)cc(C(=O)N[C@H](C)c3ccc(C)c(C)c3)c2)cc1C. The van der Waals surface area contributed by atoms with Gasteiger partial charge in [-0.25, -0.2) is 0 Å². The number of hydrogen-bond acceptors (Lipinski definition) is 3. The zero-order chi connectivity index (χ0) is 33.0. The minimum atomic E-state index is -0.367. The number of carbonyl (C=O) groups excluding carboxylic acids is 3. The third-order valence-corrected chi connectivity index (χ3v) is 8.86. The lowest BCUT2D eigenvalue weighted by Gasteiger charge is -2.19. The lowest BCUT2D eigenvalue weighted by Crippen LogP contribution is -2.31. The van der Waals surface area contributed by atoms with E-state index in [1.54, 1.807) is 18.2 Å². The summed E-state index contributed by atoms with van der Waals surface area (Å²) in [5, 5.41) is 9.14. The zero-order valence-corrected chi connectivity index (χ0v) is 27.9. The molecule has 0 aromatic heterocycles. The van der Waals surface area contributed by atoms with Crippen LogP contribution in [0.2, 0.25) is 0 Å². The summed E-state index contributed by atoms with van der Waals surface area (Å²) >= 11 is 0. The van der Waals surface area contributed by atoms with E-state index in [-0.39, 0.29) is 52.5 Å². The number of rotatable bonds is 9. The van der Waals surface area contributed by atoms with Crippen LogP contribution in [0.3, 0.4) is 0 Å². The summed E-state index contributed by atoms with van der Waals surface area (Å²) < 4.78 is 0. The Hall–Kier alpha value is -4.71. The van der Waals surface area contributed by atoms with Crippen molar-refractivity contribution in [1.82, 2.24) is 16.0 Å². The van der Waals surface area contributed by atoms with Gasteiger partial charge in [-0.15, -0.1) is 0 Å². The van der Waals surface area contributed by atoms with Gasteiger partial charge in [-0.2, -0.15) is 0 Å². The van der Waals surface area contributed by atoms with Gasteiger partial charge in [-0.3, -0.25) is 14.4 Å². The Morgan fingerprint density at radius 1 is 0.400 bits per heavy atom. The summed E-state index contributed by atoms with van der Waals surface area (Å²) in [6, 6.07) is 22.1. The molecule has 0 bridgehead atoms. The van der Waals surface area contributed by atoms with Gasteiger partial charge in [-0.1, -0.05) is 54.6 Å². The third-order valence-electron chi connectivity index (χ3n) is 8.86. The molecule has 0 radical (unpaired) electrons. The van der Waals surface area contributed by atoms with Crippen molar-refractivity contribution in [2.45, 2.75) is 80.4 Å². The Morgan fingerprint density at radius 3 is 0.867 bits per heavy atom. The van der Waals surface area contributed by atoms with Gasteiger partial charge >= 0.3 is 0 Å². The Balaban J connectivity index is 1.63. The number of amides is 3. The first-order valence-electron chi connectivity index (χ1n) is 15.5. The Labute approximate surface area is 267 Å². The second-order valence-corrected chi connectivity index (χ2v) is 12.4. The fraction of sp³-hybridized carbons (Fsp3) is 0.308. The molecule has 6 heteroatoms. The first-order valence-corrected chi connectivity index (χ1v) is 15.5. The quantitative estimate of drug-likeness (QED) is 0.181. The van der Waals surface area contributed by atoms with Crippen molar-refractivity contribution in [3.8, 4) is 0 Å². The molecular formula is C39H45N3O3. The molecular weight excluding hydrogens is 558 g/mol. The van der Waals surface area contributed by atoms with E-state index in [9.17, 15) is 14.4 Å². The Kier molecular flexibility index (Phi) is 10.3. The van der Waals surface area contributed by atoms with E-state index in [4.69, 9.17) is 0 Å². The average molecular weight is 604 g/mol. The molecule has 0 unspecified atom stereocenters. The van der Waals surface area contributed by atoms with Gasteiger partial charge in [0.25, 0.3) is 17.7 Å². The van der Waals surface area contributed by atoms with Crippen molar-refractivity contribution in [1.29, 1.82) is 0 Å². The van der Waals surface area contributed by atoms with Crippen molar-refractivity contribution in [3.05, 3.63) is 140 Å². The molecule has 4 aromatic carbocycles. The predicted molar refractivity (Wildman–Crippen MR) is 182 cm³/mol. The van der Waals surface area contributed by atoms with E-state index in [1.165, 1.54) is 16.7 Å². The molecule has 0 saturated heterocycles. The molecule has 0 saturated carbocycles. The smallest absolute Gasteiger partial charge is 0.251 e. The number of benzene rings is 4. The van der Waals surface area contributed by atoms with Crippen molar-refractivity contribution in [2.24, 2.45) is 0 Å². The number of nitrogens with one attached hydrogen (secondary N) is 3. The number of aryl methyl sites for hydroxylation is 6. The minimum Gasteiger partial charge on any atom is -0.346 e. The largest absolute Gasteiger partial charge is 0.346 e. The summed E-state index contributed by atoms with van der Waals surface area (Å²) in [7, 11) is 0. The van der Waals surface area contributed by atoms with Crippen LogP contribution in [0.4, 0.5) is 0 Å². The molecule has 4 aromatic rings. The van der Waals surface area contributed by atoms with Crippen molar-refractivity contribution < 1.29 is 14.4 Å². The molecule has 3 N–H and O–H groups in total. The molecule has 0 aliphatic carbocycles. The Bertz CT molecular complexity index is 1540. The van der Waals surface area contributed by atoms with Crippen LogP contribution < -0.4 is 16.0 Å². The third kappa shape index (κ3) is 8.07. The van der Waals surface area contributed by atoms with Crippen LogP contribution in [0.1, 0.15) is 120 Å². The second kappa shape index (κ2) is 13.9. The summed E-state index contributed by atoms with van der Waals surface area (Å²) in [6.45, 7) is 18.0. The van der Waals surface area contributed by atoms with Crippen LogP contribution in [-0.2, 0) is 0 Å². The van der Waals surface area contributed by atoms with Gasteiger partial charge in [0.1, 0.15) is 0 Å². The zero-order valence-electron chi connectivity index (χ0n) is 27.9. The van der Waals surface area contributed by atoms with Crippen molar-refractivity contribution in [3.63, 3.8) is 0 Å². The maximum atomic E-state index is 13.6. The highest BCUT2D eigenvalue weighted by atomic mass is 16.2. The van der Waals surface area contributed by atoms with Crippen LogP contribution in [0.5, 0.6) is 0 Å². The second-order valence-electron chi connectivity index (χ2n) is 12.4. The van der Waals surface area contributed by atoms with E-state index < -0.39 is 0 Å². The van der Waals surface area contributed by atoms with Crippen molar-refractivity contribution >= 4 is 17.7 Å². The first-order chi connectivity index (χ1) is 21.2. The van der Waals surface area contributed by atoms with E-state index >= 15 is 0 Å². The summed E-state index contributed by atoms with van der Waals surface area (Å²) in [4.78, 5) is 40.7. The fourth-order valence-electron chi connectivity index (χ4n) is 5.21. The first kappa shape index (κ1) is 33.2. The highest BCUT2D eigenvalue weighted by Crippen LogP contribution is 2.22. The average Bonchev–Trinajstić information content (AvgIpc) is 3.00. The van der Waals surface area contributed by atoms with Gasteiger partial charge < -0.3 is 16.0 Å². The molecule has 4 rings (SSSR count). The highest BCUT2D eigenvalue weighted by molar-refractivity contribution is 6.04. The summed E-state index contributed by atoms with van der Waals surface area (Å²) in [6.07, 6.45) is 0. The van der Waals surface area contributed by atoms with E-state index in [1.807, 2.05) is 98.7 Å². The molecule has 3 atom stereocenters. The molecule has 45 heavy (non-hydrogen) atoms. The molecule has 3 amide bonds. The minimum absolute atomic E-state index is 0.237. The molecule has 6 nitrogen and oxygen atoms in total. The van der Waals surface area contributed by atoms with Gasteiger partial charge in [-0.05, 0) is 131 Å². The number of carbonyl (C=O) groups is 3. The maximum absolute atomic E-state index is 13.6. The molecule has 234 valence electrons. The van der Waals surface area contributed by atoms with E-state index in [0.717, 1.165) is 33.4 Å². The van der Waals surface area contributed by atoms with E-state index in [0.29, 0.717) is 0 Å². The van der Waals surface area contributed by atoms with Gasteiger partial charge in [0.15, 0.2) is 0 Å². The van der Waals surface area contributed by atoms with Crippen LogP contribution in [0.15, 0.2) is 72.8 Å². The molecule has 0 heterocycles. The van der Waals surface area contributed by atoms with Crippen LogP contribution in [0, 0.1) is 41.5 Å². The van der Waals surface area contributed by atoms with Crippen LogP contribution >= 0.6 is 0 Å². The molecule has 0 spiro atoms. The molecule has 0 fully saturated rings. The van der Waals surface area contributed by atoms with E-state index in [2.05, 4.69) is 34.1 Å². The fourth-order valence-corrected chi connectivity index (χ4v) is 5.21. The van der Waals surface area contributed by atoms with Gasteiger partial charge in [0.05, 0.1) is 18.1 Å². The standard InChI is InChI=1S/C39H45N3O3/c1-22-10-13-31(16-25(22)4)28(7)40-37(43)34-19-35(38(44)41-29(8)32-14-11-23(2)26(5)17-32)21-36(20-34)39(45)42-30(9)33-15-12-24(3)27(6)18-33/h10-21,28-30H,1-9H3,(H,40,43)(H,41,44)(H,42,45)/t28-,29-,30-/m1/s1. The predicted octanol–water partition coefficient (Wildman–Crippen LogP) is 8.01. The Morgan fingerprint density at radius 2 is 0.644 bits per heavy atom. The molecule has 0 aliphatic rings. The normalized spacial score (nSPS) is 13.0. The summed E-state index contributed by atoms with van der Waals surface area (Å²) in [5.74, 6) is -1.10. The lowest BCUT2D eigenvalue weighted by atomic mass is 9.99. The monoisotopic (exact) mass is 603 g/mol. The highest BCUT2D eigenvalue weighted by Gasteiger charge is 2.21. The number of hydrogen-bond donors (Lipinski definition) is 3. The van der Waals surface area contributed by atoms with Crippen LogP contribution in [0.25, 0.3) is 0 Å².